The average molecular weight is 402 g/mol. The first kappa shape index (κ1) is 21.1. The predicted molar refractivity (Wildman–Crippen MR) is 119 cm³/mol. The Morgan fingerprint density at radius 2 is 1.50 bits per heavy atom. The van der Waals surface area contributed by atoms with Crippen LogP contribution in [0.4, 0.5) is 5.69 Å². The van der Waals surface area contributed by atoms with Gasteiger partial charge in [-0.15, -0.1) is 0 Å². The van der Waals surface area contributed by atoms with Crippen LogP contribution >= 0.6 is 0 Å². The number of rotatable bonds is 8. The number of para-hydroxylation sites is 2. The van der Waals surface area contributed by atoms with Crippen molar-refractivity contribution in [2.45, 2.75) is 20.3 Å². The van der Waals surface area contributed by atoms with Crippen LogP contribution in [-0.2, 0) is 4.79 Å². The fourth-order valence-electron chi connectivity index (χ4n) is 3.07. The minimum atomic E-state index is -0.213. The average Bonchev–Trinajstić information content (AvgIpc) is 2.76. The number of hydrogen-bond donors (Lipinski definition) is 1. The molecule has 0 saturated heterocycles. The molecule has 154 valence electrons. The number of nitrogens with zero attached hydrogens (tertiary/aromatic N) is 1. The molecule has 0 unspecified atom stereocenters. The van der Waals surface area contributed by atoms with Crippen LogP contribution in [0.3, 0.4) is 0 Å². The lowest BCUT2D eigenvalue weighted by Crippen LogP contribution is -2.38. The highest BCUT2D eigenvalue weighted by molar-refractivity contribution is 5.99. The number of carbonyl (C=O) groups is 2. The summed E-state index contributed by atoms with van der Waals surface area (Å²) in [6, 6.07) is 24.0. The normalized spacial score (nSPS) is 10.3. The molecule has 3 rings (SSSR count). The van der Waals surface area contributed by atoms with Gasteiger partial charge in [-0.2, -0.15) is 0 Å². The Hall–Kier alpha value is -3.60. The van der Waals surface area contributed by atoms with Crippen molar-refractivity contribution in [2.24, 2.45) is 0 Å². The Balaban J connectivity index is 1.65. The maximum Gasteiger partial charge on any atom is 0.254 e. The van der Waals surface area contributed by atoms with Gasteiger partial charge >= 0.3 is 0 Å². The minimum Gasteiger partial charge on any atom is -0.457 e. The van der Waals surface area contributed by atoms with Crippen molar-refractivity contribution in [3.63, 3.8) is 0 Å². The largest absolute Gasteiger partial charge is 0.457 e. The molecule has 0 radical (unpaired) electrons. The molecule has 1 N–H and O–H groups in total. The summed E-state index contributed by atoms with van der Waals surface area (Å²) in [6.07, 6.45) is 0.762. The topological polar surface area (TPSA) is 58.6 Å². The van der Waals surface area contributed by atoms with Crippen molar-refractivity contribution in [3.05, 3.63) is 90.0 Å². The van der Waals surface area contributed by atoms with Crippen molar-refractivity contribution < 1.29 is 14.3 Å². The van der Waals surface area contributed by atoms with E-state index < -0.39 is 0 Å². The van der Waals surface area contributed by atoms with E-state index in [2.05, 4.69) is 5.32 Å². The Labute approximate surface area is 177 Å². The Morgan fingerprint density at radius 1 is 0.867 bits per heavy atom. The summed E-state index contributed by atoms with van der Waals surface area (Å²) in [7, 11) is 0. The zero-order valence-corrected chi connectivity index (χ0v) is 17.3. The van der Waals surface area contributed by atoms with Crippen LogP contribution < -0.4 is 10.1 Å². The molecule has 0 aromatic heterocycles. The molecule has 5 nitrogen and oxygen atoms in total. The molecule has 0 aliphatic heterocycles. The molecule has 0 fully saturated rings. The summed E-state index contributed by atoms with van der Waals surface area (Å²) >= 11 is 0. The van der Waals surface area contributed by atoms with E-state index in [4.69, 9.17) is 4.74 Å². The van der Waals surface area contributed by atoms with Gasteiger partial charge in [-0.25, -0.2) is 0 Å². The number of nitrogens with one attached hydrogen (secondary N) is 1. The summed E-state index contributed by atoms with van der Waals surface area (Å²) in [5.74, 6) is 0.993. The number of hydrogen-bond acceptors (Lipinski definition) is 3. The molecule has 0 saturated carbocycles. The maximum atomic E-state index is 13.0. The second-order valence-electron chi connectivity index (χ2n) is 7.03. The summed E-state index contributed by atoms with van der Waals surface area (Å²) in [5, 5.41) is 2.89. The van der Waals surface area contributed by atoms with Crippen LogP contribution in [0.5, 0.6) is 11.5 Å². The third-order valence-electron chi connectivity index (χ3n) is 4.61. The van der Waals surface area contributed by atoms with Gasteiger partial charge in [0.05, 0.1) is 0 Å². The minimum absolute atomic E-state index is 0.00325. The molecule has 0 spiro atoms. The summed E-state index contributed by atoms with van der Waals surface area (Å²) in [4.78, 5) is 27.1. The quantitative estimate of drug-likeness (QED) is 0.558. The van der Waals surface area contributed by atoms with Crippen molar-refractivity contribution in [2.75, 3.05) is 18.4 Å². The lowest BCUT2D eigenvalue weighted by Gasteiger charge is -2.22. The van der Waals surface area contributed by atoms with Gasteiger partial charge in [0.2, 0.25) is 5.91 Å². The SMILES string of the molecule is CCCN(CC(=O)Nc1ccccc1C)C(=O)c1ccc(Oc2ccccc2)cc1. The standard InChI is InChI=1S/C25H26N2O3/c1-3-17-27(18-24(28)26-23-12-8-7-9-19(23)2)25(29)20-13-15-22(16-14-20)30-21-10-5-4-6-11-21/h4-16H,3,17-18H2,1-2H3,(H,26,28). The van der Waals surface area contributed by atoms with E-state index in [9.17, 15) is 9.59 Å². The summed E-state index contributed by atoms with van der Waals surface area (Å²) < 4.78 is 5.77. The van der Waals surface area contributed by atoms with Crippen LogP contribution in [-0.4, -0.2) is 29.8 Å². The van der Waals surface area contributed by atoms with Crippen LogP contribution in [0, 0.1) is 6.92 Å². The maximum absolute atomic E-state index is 13.0. The molecule has 30 heavy (non-hydrogen) atoms. The first-order valence-electron chi connectivity index (χ1n) is 10.0. The number of anilines is 1. The van der Waals surface area contributed by atoms with Gasteiger partial charge < -0.3 is 15.0 Å². The van der Waals surface area contributed by atoms with E-state index in [1.54, 1.807) is 29.2 Å². The number of amides is 2. The van der Waals surface area contributed by atoms with Gasteiger partial charge in [0.1, 0.15) is 18.0 Å². The summed E-state index contributed by atoms with van der Waals surface area (Å²) in [5.41, 5.74) is 2.26. The number of benzene rings is 3. The fraction of sp³-hybridized carbons (Fsp3) is 0.200. The van der Waals surface area contributed by atoms with E-state index in [1.165, 1.54) is 0 Å². The lowest BCUT2D eigenvalue weighted by atomic mass is 10.1. The molecule has 2 amide bonds. The fourth-order valence-corrected chi connectivity index (χ4v) is 3.07. The van der Waals surface area contributed by atoms with Crippen molar-refractivity contribution in [3.8, 4) is 11.5 Å². The molecule has 3 aromatic rings. The lowest BCUT2D eigenvalue weighted by molar-refractivity contribution is -0.116. The highest BCUT2D eigenvalue weighted by atomic mass is 16.5. The second kappa shape index (κ2) is 10.3. The van der Waals surface area contributed by atoms with Gasteiger partial charge in [-0.1, -0.05) is 43.3 Å². The second-order valence-corrected chi connectivity index (χ2v) is 7.03. The van der Waals surface area contributed by atoms with Gasteiger partial charge in [-0.3, -0.25) is 9.59 Å². The third kappa shape index (κ3) is 5.70. The van der Waals surface area contributed by atoms with Gasteiger partial charge in [0.25, 0.3) is 5.91 Å². The van der Waals surface area contributed by atoms with E-state index in [-0.39, 0.29) is 18.4 Å². The Bertz CT molecular complexity index is 985. The van der Waals surface area contributed by atoms with E-state index in [0.29, 0.717) is 17.9 Å². The molecule has 0 bridgehead atoms. The molecule has 3 aromatic carbocycles. The van der Waals surface area contributed by atoms with Gasteiger partial charge in [0.15, 0.2) is 0 Å². The highest BCUT2D eigenvalue weighted by Gasteiger charge is 2.18. The van der Waals surface area contributed by atoms with Crippen LogP contribution in [0.25, 0.3) is 0 Å². The van der Waals surface area contributed by atoms with Crippen LogP contribution in [0.15, 0.2) is 78.9 Å². The highest BCUT2D eigenvalue weighted by Crippen LogP contribution is 2.21. The smallest absolute Gasteiger partial charge is 0.254 e. The van der Waals surface area contributed by atoms with Crippen molar-refractivity contribution >= 4 is 17.5 Å². The third-order valence-corrected chi connectivity index (χ3v) is 4.61. The number of carbonyl (C=O) groups excluding carboxylic acids is 2. The van der Waals surface area contributed by atoms with Crippen molar-refractivity contribution in [1.29, 1.82) is 0 Å². The number of aryl methyl sites for hydroxylation is 1. The first-order valence-corrected chi connectivity index (χ1v) is 10.0. The zero-order valence-electron chi connectivity index (χ0n) is 17.3. The monoisotopic (exact) mass is 402 g/mol. The van der Waals surface area contributed by atoms with Crippen molar-refractivity contribution in [1.82, 2.24) is 4.90 Å². The molecular weight excluding hydrogens is 376 g/mol. The van der Waals surface area contributed by atoms with E-state index in [1.807, 2.05) is 68.4 Å². The predicted octanol–water partition coefficient (Wildman–Crippen LogP) is 5.28. The molecule has 0 heterocycles. The van der Waals surface area contributed by atoms with Crippen LogP contribution in [0.2, 0.25) is 0 Å². The van der Waals surface area contributed by atoms with E-state index in [0.717, 1.165) is 23.4 Å². The van der Waals surface area contributed by atoms with Gasteiger partial charge in [0, 0.05) is 17.8 Å². The Morgan fingerprint density at radius 3 is 2.17 bits per heavy atom. The molecule has 0 atom stereocenters. The molecular formula is C25H26N2O3. The van der Waals surface area contributed by atoms with E-state index >= 15 is 0 Å². The molecule has 0 aliphatic carbocycles. The zero-order chi connectivity index (χ0) is 21.3. The Kier molecular flexibility index (Phi) is 7.22. The summed E-state index contributed by atoms with van der Waals surface area (Å²) in [6.45, 7) is 4.42. The molecule has 5 heteroatoms. The van der Waals surface area contributed by atoms with Crippen LogP contribution in [0.1, 0.15) is 29.3 Å². The number of ether oxygens (including phenoxy) is 1. The first-order chi connectivity index (χ1) is 14.6. The van der Waals surface area contributed by atoms with Gasteiger partial charge in [-0.05, 0) is 61.4 Å². The molecule has 0 aliphatic rings.